The second-order valence-electron chi connectivity index (χ2n) is 3.25. The summed E-state index contributed by atoms with van der Waals surface area (Å²) in [5, 5.41) is 2.85. The fourth-order valence-corrected chi connectivity index (χ4v) is 1.36. The Hall–Kier alpha value is -1.14. The zero-order valence-electron chi connectivity index (χ0n) is 8.99. The molecule has 1 unspecified atom stereocenters. The van der Waals surface area contributed by atoms with Crippen molar-refractivity contribution in [1.82, 2.24) is 10.2 Å². The molecule has 1 aliphatic heterocycles. The van der Waals surface area contributed by atoms with Crippen molar-refractivity contribution in [2.45, 2.75) is 6.04 Å². The highest BCUT2D eigenvalue weighted by Gasteiger charge is 2.27. The van der Waals surface area contributed by atoms with E-state index in [4.69, 9.17) is 4.74 Å². The Bertz CT molecular complexity index is 244. The van der Waals surface area contributed by atoms with Crippen LogP contribution in [0.2, 0.25) is 0 Å². The van der Waals surface area contributed by atoms with Crippen LogP contribution in [0.15, 0.2) is 0 Å². The van der Waals surface area contributed by atoms with Gasteiger partial charge in [-0.05, 0) is 7.05 Å². The van der Waals surface area contributed by atoms with Gasteiger partial charge >= 0.3 is 5.97 Å². The first-order chi connectivity index (χ1) is 7.19. The van der Waals surface area contributed by atoms with Crippen molar-refractivity contribution in [1.29, 1.82) is 0 Å². The van der Waals surface area contributed by atoms with E-state index in [0.29, 0.717) is 19.8 Å². The van der Waals surface area contributed by atoms with Crippen molar-refractivity contribution in [3.63, 3.8) is 0 Å². The molecule has 1 rings (SSSR count). The van der Waals surface area contributed by atoms with Gasteiger partial charge in [0.2, 0.25) is 5.91 Å². The summed E-state index contributed by atoms with van der Waals surface area (Å²) in [7, 11) is 2.99. The van der Waals surface area contributed by atoms with Gasteiger partial charge in [0, 0.05) is 6.54 Å². The molecule has 0 aromatic rings. The van der Waals surface area contributed by atoms with Crippen molar-refractivity contribution in [2.75, 3.05) is 40.5 Å². The van der Waals surface area contributed by atoms with Crippen LogP contribution in [0.3, 0.4) is 0 Å². The molecule has 1 N–H and O–H groups in total. The van der Waals surface area contributed by atoms with E-state index >= 15 is 0 Å². The van der Waals surface area contributed by atoms with Crippen molar-refractivity contribution < 1.29 is 19.1 Å². The summed E-state index contributed by atoms with van der Waals surface area (Å²) >= 11 is 0. The van der Waals surface area contributed by atoms with Crippen LogP contribution in [0, 0.1) is 0 Å². The third-order valence-corrected chi connectivity index (χ3v) is 2.30. The zero-order valence-corrected chi connectivity index (χ0v) is 8.99. The summed E-state index contributed by atoms with van der Waals surface area (Å²) in [6, 6.07) is -0.378. The Morgan fingerprint density at radius 2 is 2.47 bits per heavy atom. The number of nitrogens with one attached hydrogen (secondary N) is 1. The topological polar surface area (TPSA) is 67.9 Å². The van der Waals surface area contributed by atoms with E-state index in [2.05, 4.69) is 10.1 Å². The molecule has 1 aliphatic rings. The number of amides is 1. The highest BCUT2D eigenvalue weighted by Crippen LogP contribution is 2.02. The monoisotopic (exact) mass is 216 g/mol. The van der Waals surface area contributed by atoms with E-state index in [-0.39, 0.29) is 18.5 Å². The van der Waals surface area contributed by atoms with E-state index in [9.17, 15) is 9.59 Å². The quantitative estimate of drug-likeness (QED) is 0.588. The molecule has 0 aliphatic carbocycles. The van der Waals surface area contributed by atoms with E-state index in [1.165, 1.54) is 12.0 Å². The van der Waals surface area contributed by atoms with Gasteiger partial charge in [-0.2, -0.15) is 0 Å². The molecule has 1 fully saturated rings. The molecule has 1 saturated heterocycles. The maximum atomic E-state index is 11.8. The summed E-state index contributed by atoms with van der Waals surface area (Å²) in [6.45, 7) is 1.19. The molecule has 1 atom stereocenters. The number of methoxy groups -OCH3 is 1. The lowest BCUT2D eigenvalue weighted by atomic mass is 10.2. The maximum Gasteiger partial charge on any atom is 0.325 e. The molecule has 0 bridgehead atoms. The summed E-state index contributed by atoms with van der Waals surface area (Å²) < 4.78 is 9.75. The molecular weight excluding hydrogens is 200 g/mol. The predicted octanol–water partition coefficient (Wildman–Crippen LogP) is -1.39. The van der Waals surface area contributed by atoms with Crippen LogP contribution in [0.25, 0.3) is 0 Å². The molecule has 86 valence electrons. The van der Waals surface area contributed by atoms with Crippen LogP contribution in [0.4, 0.5) is 0 Å². The normalized spacial score (nSPS) is 22.4. The van der Waals surface area contributed by atoms with Gasteiger partial charge in [-0.3, -0.25) is 9.59 Å². The minimum absolute atomic E-state index is 0.0170. The van der Waals surface area contributed by atoms with Gasteiger partial charge in [0.1, 0.15) is 12.6 Å². The molecule has 0 spiro atoms. The summed E-state index contributed by atoms with van der Waals surface area (Å²) in [5.74, 6) is -0.541. The van der Waals surface area contributed by atoms with E-state index in [1.54, 1.807) is 7.05 Å². The van der Waals surface area contributed by atoms with Crippen LogP contribution in [0.5, 0.6) is 0 Å². The number of esters is 1. The number of hydrogen-bond acceptors (Lipinski definition) is 5. The highest BCUT2D eigenvalue weighted by atomic mass is 16.5. The van der Waals surface area contributed by atoms with Crippen molar-refractivity contribution in [3.8, 4) is 0 Å². The van der Waals surface area contributed by atoms with Crippen LogP contribution in [0.1, 0.15) is 0 Å². The number of likely N-dealkylation sites (N-methyl/N-ethyl adjacent to an activating group) is 1. The smallest absolute Gasteiger partial charge is 0.325 e. The van der Waals surface area contributed by atoms with Crippen LogP contribution >= 0.6 is 0 Å². The molecule has 6 heteroatoms. The standard InChI is InChI=1S/C9H16N2O4/c1-10-7-6-15-4-3-11(9(7)13)5-8(12)14-2/h7,10H,3-6H2,1-2H3. The number of nitrogens with zero attached hydrogens (tertiary/aromatic N) is 1. The number of hydrogen-bond donors (Lipinski definition) is 1. The minimum atomic E-state index is -0.417. The lowest BCUT2D eigenvalue weighted by molar-refractivity contribution is -0.147. The largest absolute Gasteiger partial charge is 0.468 e. The van der Waals surface area contributed by atoms with Crippen LogP contribution in [-0.2, 0) is 19.1 Å². The van der Waals surface area contributed by atoms with Gasteiger partial charge in [0.15, 0.2) is 0 Å². The van der Waals surface area contributed by atoms with Gasteiger partial charge in [-0.15, -0.1) is 0 Å². The van der Waals surface area contributed by atoms with Gasteiger partial charge in [0.05, 0.1) is 20.3 Å². The Morgan fingerprint density at radius 1 is 1.73 bits per heavy atom. The first kappa shape index (κ1) is 11.9. The second kappa shape index (κ2) is 5.67. The third-order valence-electron chi connectivity index (χ3n) is 2.30. The second-order valence-corrected chi connectivity index (χ2v) is 3.25. The van der Waals surface area contributed by atoms with E-state index in [0.717, 1.165) is 0 Å². The SMILES string of the molecule is CNC1COCCN(CC(=O)OC)C1=O. The molecule has 0 radical (unpaired) electrons. The first-order valence-electron chi connectivity index (χ1n) is 4.79. The van der Waals surface area contributed by atoms with Gasteiger partial charge in [0.25, 0.3) is 0 Å². The predicted molar refractivity (Wildman–Crippen MR) is 52.3 cm³/mol. The molecule has 15 heavy (non-hydrogen) atoms. The Labute approximate surface area is 88.5 Å². The zero-order chi connectivity index (χ0) is 11.3. The number of carbonyl (C=O) groups excluding carboxylic acids is 2. The van der Waals surface area contributed by atoms with Crippen LogP contribution < -0.4 is 5.32 Å². The number of carbonyl (C=O) groups is 2. The fourth-order valence-electron chi connectivity index (χ4n) is 1.36. The lowest BCUT2D eigenvalue weighted by Gasteiger charge is -2.21. The number of ether oxygens (including phenoxy) is 2. The third kappa shape index (κ3) is 3.17. The molecular formula is C9H16N2O4. The Kier molecular flexibility index (Phi) is 4.51. The average Bonchev–Trinajstić information content (AvgIpc) is 2.42. The molecule has 0 aromatic carbocycles. The Morgan fingerprint density at radius 3 is 3.07 bits per heavy atom. The first-order valence-corrected chi connectivity index (χ1v) is 4.79. The maximum absolute atomic E-state index is 11.8. The molecule has 0 aromatic heterocycles. The van der Waals surface area contributed by atoms with Gasteiger partial charge in [-0.25, -0.2) is 0 Å². The minimum Gasteiger partial charge on any atom is -0.468 e. The number of rotatable bonds is 3. The van der Waals surface area contributed by atoms with Crippen molar-refractivity contribution in [3.05, 3.63) is 0 Å². The highest BCUT2D eigenvalue weighted by molar-refractivity contribution is 5.86. The van der Waals surface area contributed by atoms with E-state index < -0.39 is 5.97 Å². The molecule has 1 amide bonds. The van der Waals surface area contributed by atoms with Crippen molar-refractivity contribution in [2.24, 2.45) is 0 Å². The van der Waals surface area contributed by atoms with Gasteiger partial charge in [-0.1, -0.05) is 0 Å². The van der Waals surface area contributed by atoms with Gasteiger partial charge < -0.3 is 19.7 Å². The summed E-state index contributed by atoms with van der Waals surface area (Å²) in [4.78, 5) is 24.3. The van der Waals surface area contributed by atoms with E-state index in [1.807, 2.05) is 0 Å². The molecule has 0 saturated carbocycles. The summed E-state index contributed by atoms with van der Waals surface area (Å²) in [6.07, 6.45) is 0. The van der Waals surface area contributed by atoms with Crippen molar-refractivity contribution >= 4 is 11.9 Å². The Balaban J connectivity index is 2.60. The molecule has 6 nitrogen and oxygen atoms in total. The molecule has 1 heterocycles. The van der Waals surface area contributed by atoms with Crippen LogP contribution in [-0.4, -0.2) is 63.3 Å². The lowest BCUT2D eigenvalue weighted by Crippen LogP contribution is -2.47. The summed E-state index contributed by atoms with van der Waals surface area (Å²) in [5.41, 5.74) is 0. The fraction of sp³-hybridized carbons (Fsp3) is 0.778. The average molecular weight is 216 g/mol.